The van der Waals surface area contributed by atoms with Gasteiger partial charge in [0.1, 0.15) is 0 Å². The zero-order valence-electron chi connectivity index (χ0n) is 9.36. The summed E-state index contributed by atoms with van der Waals surface area (Å²) < 4.78 is 0. The molecule has 2 N–H and O–H groups in total. The quantitative estimate of drug-likeness (QED) is 0.561. The molecule has 84 valence electrons. The van der Waals surface area contributed by atoms with Crippen molar-refractivity contribution < 1.29 is 4.79 Å². The lowest BCUT2D eigenvalue weighted by atomic mass is 9.97. The minimum Gasteiger partial charge on any atom is -0.339 e. The molecule has 0 aromatic heterocycles. The Morgan fingerprint density at radius 1 is 1.40 bits per heavy atom. The molecule has 1 aliphatic rings. The van der Waals surface area contributed by atoms with Crippen molar-refractivity contribution in [1.29, 1.82) is 0 Å². The van der Waals surface area contributed by atoms with Gasteiger partial charge in [0, 0.05) is 19.2 Å². The molecule has 0 spiro atoms. The molecular weight excluding hydrogens is 188 g/mol. The van der Waals surface area contributed by atoms with E-state index in [-0.39, 0.29) is 5.91 Å². The number of carbonyl (C=O) groups excluding carboxylic acids is 1. The van der Waals surface area contributed by atoms with Crippen molar-refractivity contribution >= 4 is 5.91 Å². The van der Waals surface area contributed by atoms with E-state index in [9.17, 15) is 4.79 Å². The average molecular weight is 208 g/mol. The van der Waals surface area contributed by atoms with Crippen LogP contribution in [-0.2, 0) is 4.79 Å². The third-order valence-corrected chi connectivity index (χ3v) is 2.80. The Labute approximate surface area is 91.6 Å². The number of hydrogen-bond acceptors (Lipinski definition) is 2. The third kappa shape index (κ3) is 3.88. The molecule has 0 atom stereocenters. The van der Waals surface area contributed by atoms with Crippen LogP contribution in [0.25, 0.3) is 0 Å². The summed E-state index contributed by atoms with van der Waals surface area (Å²) in [7, 11) is 0. The van der Waals surface area contributed by atoms with Crippen LogP contribution in [0, 0.1) is 5.92 Å². The van der Waals surface area contributed by atoms with Gasteiger partial charge in [-0.15, -0.1) is 0 Å². The second-order valence-electron chi connectivity index (χ2n) is 3.89. The molecule has 1 heterocycles. The van der Waals surface area contributed by atoms with Crippen molar-refractivity contribution in [1.82, 2.24) is 4.90 Å². The van der Waals surface area contributed by atoms with Gasteiger partial charge in [-0.2, -0.15) is 0 Å². The Balaban J connectivity index is 2.36. The highest BCUT2D eigenvalue weighted by Gasteiger charge is 2.19. The standard InChI is InChI=1S/C12H20N2O/c1-2-3-4-5-12(15)14-8-6-11(10-13)7-9-14/h2-5,11H,6-10,13H2,1H3. The topological polar surface area (TPSA) is 46.3 Å². The van der Waals surface area contributed by atoms with E-state index in [0.717, 1.165) is 32.5 Å². The third-order valence-electron chi connectivity index (χ3n) is 2.80. The highest BCUT2D eigenvalue weighted by atomic mass is 16.2. The Kier molecular flexibility index (Phi) is 5.12. The van der Waals surface area contributed by atoms with Crippen molar-refractivity contribution in [3.05, 3.63) is 24.3 Å². The normalized spacial score (nSPS) is 19.2. The van der Waals surface area contributed by atoms with Crippen LogP contribution in [0.5, 0.6) is 0 Å². The van der Waals surface area contributed by atoms with E-state index in [2.05, 4.69) is 0 Å². The van der Waals surface area contributed by atoms with Gasteiger partial charge in [-0.3, -0.25) is 4.79 Å². The summed E-state index contributed by atoms with van der Waals surface area (Å²) in [5.74, 6) is 0.720. The number of amides is 1. The van der Waals surface area contributed by atoms with Gasteiger partial charge in [0.05, 0.1) is 0 Å². The summed E-state index contributed by atoms with van der Waals surface area (Å²) in [6.07, 6.45) is 9.27. The highest BCUT2D eigenvalue weighted by molar-refractivity contribution is 5.87. The first-order valence-electron chi connectivity index (χ1n) is 5.56. The molecule has 0 aromatic rings. The van der Waals surface area contributed by atoms with Crippen LogP contribution in [0.2, 0.25) is 0 Å². The molecule has 0 radical (unpaired) electrons. The summed E-state index contributed by atoms with van der Waals surface area (Å²) in [5.41, 5.74) is 5.60. The molecule has 3 heteroatoms. The van der Waals surface area contributed by atoms with Crippen LogP contribution in [0.1, 0.15) is 19.8 Å². The smallest absolute Gasteiger partial charge is 0.246 e. The summed E-state index contributed by atoms with van der Waals surface area (Å²) >= 11 is 0. The van der Waals surface area contributed by atoms with Gasteiger partial charge in [-0.1, -0.05) is 18.2 Å². The zero-order chi connectivity index (χ0) is 11.1. The fraction of sp³-hybridized carbons (Fsp3) is 0.583. The van der Waals surface area contributed by atoms with E-state index in [4.69, 9.17) is 5.73 Å². The SMILES string of the molecule is CC=CC=CC(=O)N1CCC(CN)CC1. The predicted octanol–water partition coefficient (Wildman–Crippen LogP) is 1.32. The van der Waals surface area contributed by atoms with Crippen LogP contribution in [-0.4, -0.2) is 30.4 Å². The lowest BCUT2D eigenvalue weighted by molar-refractivity contribution is -0.127. The van der Waals surface area contributed by atoms with Crippen molar-refractivity contribution in [3.8, 4) is 0 Å². The van der Waals surface area contributed by atoms with Gasteiger partial charge >= 0.3 is 0 Å². The van der Waals surface area contributed by atoms with Crippen LogP contribution < -0.4 is 5.73 Å². The second kappa shape index (κ2) is 6.40. The predicted molar refractivity (Wildman–Crippen MR) is 62.3 cm³/mol. The van der Waals surface area contributed by atoms with Crippen molar-refractivity contribution in [2.75, 3.05) is 19.6 Å². The molecule has 3 nitrogen and oxygen atoms in total. The van der Waals surface area contributed by atoms with E-state index in [1.165, 1.54) is 0 Å². The molecule has 1 fully saturated rings. The maximum absolute atomic E-state index is 11.6. The lowest BCUT2D eigenvalue weighted by Crippen LogP contribution is -2.39. The van der Waals surface area contributed by atoms with Gasteiger partial charge in [-0.25, -0.2) is 0 Å². The highest BCUT2D eigenvalue weighted by Crippen LogP contribution is 2.15. The second-order valence-corrected chi connectivity index (χ2v) is 3.89. The summed E-state index contributed by atoms with van der Waals surface area (Å²) in [6.45, 7) is 4.37. The van der Waals surface area contributed by atoms with E-state index >= 15 is 0 Å². The van der Waals surface area contributed by atoms with Crippen LogP contribution in [0.3, 0.4) is 0 Å². The molecule has 15 heavy (non-hydrogen) atoms. The molecule has 0 bridgehead atoms. The van der Waals surface area contributed by atoms with Gasteiger partial charge < -0.3 is 10.6 Å². The van der Waals surface area contributed by atoms with Crippen molar-refractivity contribution in [2.24, 2.45) is 11.7 Å². The monoisotopic (exact) mass is 208 g/mol. The molecule has 0 saturated carbocycles. The van der Waals surface area contributed by atoms with Gasteiger partial charge in [-0.05, 0) is 32.2 Å². The number of hydrogen-bond donors (Lipinski definition) is 1. The first kappa shape index (κ1) is 12.0. The van der Waals surface area contributed by atoms with Crippen molar-refractivity contribution in [3.63, 3.8) is 0 Å². The minimum absolute atomic E-state index is 0.114. The molecule has 1 amide bonds. The van der Waals surface area contributed by atoms with Crippen LogP contribution in [0.15, 0.2) is 24.3 Å². The summed E-state index contributed by atoms with van der Waals surface area (Å²) in [5, 5.41) is 0. The lowest BCUT2D eigenvalue weighted by Gasteiger charge is -2.30. The summed E-state index contributed by atoms with van der Waals surface area (Å²) in [4.78, 5) is 13.5. The number of allylic oxidation sites excluding steroid dienone is 3. The number of carbonyl (C=O) groups is 1. The Hall–Kier alpha value is -1.09. The van der Waals surface area contributed by atoms with Gasteiger partial charge in [0.2, 0.25) is 5.91 Å². The molecule has 0 unspecified atom stereocenters. The fourth-order valence-electron chi connectivity index (χ4n) is 1.74. The summed E-state index contributed by atoms with van der Waals surface area (Å²) in [6, 6.07) is 0. The van der Waals surface area contributed by atoms with E-state index in [1.54, 1.807) is 12.2 Å². The number of nitrogens with two attached hydrogens (primary N) is 1. The van der Waals surface area contributed by atoms with E-state index in [1.807, 2.05) is 24.0 Å². The van der Waals surface area contributed by atoms with Crippen LogP contribution in [0.4, 0.5) is 0 Å². The zero-order valence-corrected chi connectivity index (χ0v) is 9.36. The van der Waals surface area contributed by atoms with Gasteiger partial charge in [0.15, 0.2) is 0 Å². The van der Waals surface area contributed by atoms with Crippen LogP contribution >= 0.6 is 0 Å². The van der Waals surface area contributed by atoms with Gasteiger partial charge in [0.25, 0.3) is 0 Å². The maximum Gasteiger partial charge on any atom is 0.246 e. The first-order valence-corrected chi connectivity index (χ1v) is 5.56. The largest absolute Gasteiger partial charge is 0.339 e. The number of piperidine rings is 1. The molecule has 0 aliphatic carbocycles. The van der Waals surface area contributed by atoms with E-state index in [0.29, 0.717) is 5.92 Å². The number of likely N-dealkylation sites (tertiary alicyclic amines) is 1. The number of nitrogens with zero attached hydrogens (tertiary/aromatic N) is 1. The minimum atomic E-state index is 0.114. The molecule has 1 rings (SSSR count). The number of rotatable bonds is 3. The van der Waals surface area contributed by atoms with Crippen molar-refractivity contribution in [2.45, 2.75) is 19.8 Å². The molecule has 0 aromatic carbocycles. The molecule has 1 saturated heterocycles. The Morgan fingerprint density at radius 3 is 2.60 bits per heavy atom. The first-order chi connectivity index (χ1) is 7.27. The molecule has 1 aliphatic heterocycles. The Bertz CT molecular complexity index is 250. The Morgan fingerprint density at radius 2 is 2.07 bits per heavy atom. The molecular formula is C12H20N2O. The average Bonchev–Trinajstić information content (AvgIpc) is 2.29. The maximum atomic E-state index is 11.6. The fourth-order valence-corrected chi connectivity index (χ4v) is 1.74. The van der Waals surface area contributed by atoms with E-state index < -0.39 is 0 Å².